The number of nitrogens with two attached hydrogens (primary N) is 1. The monoisotopic (exact) mass is 325 g/mol. The first-order valence-corrected chi connectivity index (χ1v) is 8.69. The highest BCUT2D eigenvalue weighted by molar-refractivity contribution is 7.89. The van der Waals surface area contributed by atoms with E-state index in [4.69, 9.17) is 10.2 Å². The highest BCUT2D eigenvalue weighted by Crippen LogP contribution is 2.30. The molecule has 1 fully saturated rings. The lowest BCUT2D eigenvalue weighted by Gasteiger charge is -2.28. The van der Waals surface area contributed by atoms with Gasteiger partial charge in [0.15, 0.2) is 5.58 Å². The van der Waals surface area contributed by atoms with Gasteiger partial charge in [-0.2, -0.15) is 0 Å². The Bertz CT molecular complexity index is 860. The van der Waals surface area contributed by atoms with Crippen LogP contribution in [0.3, 0.4) is 0 Å². The lowest BCUT2D eigenvalue weighted by atomic mass is 10.0. The molecule has 22 heavy (non-hydrogen) atoms. The molecular formula is C14H19N3O4S. The van der Waals surface area contributed by atoms with Gasteiger partial charge < -0.3 is 10.2 Å². The molecule has 1 aliphatic carbocycles. The van der Waals surface area contributed by atoms with Crippen molar-refractivity contribution in [2.75, 3.05) is 6.54 Å². The van der Waals surface area contributed by atoms with Crippen molar-refractivity contribution in [1.82, 2.24) is 9.29 Å². The van der Waals surface area contributed by atoms with Crippen molar-refractivity contribution in [3.8, 4) is 0 Å². The third-order valence-electron chi connectivity index (χ3n) is 4.38. The molecule has 1 aliphatic rings. The van der Waals surface area contributed by atoms with E-state index in [1.165, 1.54) is 16.7 Å². The Hall–Kier alpha value is -1.64. The van der Waals surface area contributed by atoms with Crippen molar-refractivity contribution in [3.05, 3.63) is 28.7 Å². The third kappa shape index (κ3) is 2.47. The molecule has 0 saturated heterocycles. The first-order chi connectivity index (χ1) is 10.4. The number of aromatic nitrogens is 1. The smallest absolute Gasteiger partial charge is 0.408 e. The number of fused-ring (bicyclic) bond motifs is 1. The van der Waals surface area contributed by atoms with E-state index in [0.717, 1.165) is 25.7 Å². The lowest BCUT2D eigenvalue weighted by Crippen LogP contribution is -2.51. The second kappa shape index (κ2) is 5.22. The summed E-state index contributed by atoms with van der Waals surface area (Å²) in [5, 5.41) is 0. The third-order valence-corrected chi connectivity index (χ3v) is 5.95. The summed E-state index contributed by atoms with van der Waals surface area (Å²) in [7, 11) is -2.14. The summed E-state index contributed by atoms with van der Waals surface area (Å²) in [6, 6.07) is 4.41. The average Bonchev–Trinajstić information content (AvgIpc) is 3.05. The van der Waals surface area contributed by atoms with E-state index in [0.29, 0.717) is 5.52 Å². The molecule has 1 heterocycles. The molecule has 0 amide bonds. The van der Waals surface area contributed by atoms with Crippen LogP contribution < -0.4 is 16.2 Å². The van der Waals surface area contributed by atoms with E-state index in [1.807, 2.05) is 0 Å². The summed E-state index contributed by atoms with van der Waals surface area (Å²) >= 11 is 0. The SMILES string of the molecule is Cn1c(=O)oc2cc(S(=O)(=O)NC3(CN)CCCC3)ccc21. The summed E-state index contributed by atoms with van der Waals surface area (Å²) in [5.74, 6) is -0.522. The van der Waals surface area contributed by atoms with E-state index < -0.39 is 21.3 Å². The maximum absolute atomic E-state index is 12.6. The number of rotatable bonds is 4. The molecule has 120 valence electrons. The molecule has 0 spiro atoms. The fourth-order valence-electron chi connectivity index (χ4n) is 3.02. The van der Waals surface area contributed by atoms with Gasteiger partial charge in [-0.15, -0.1) is 0 Å². The van der Waals surface area contributed by atoms with Gasteiger partial charge in [-0.05, 0) is 25.0 Å². The van der Waals surface area contributed by atoms with Crippen LogP contribution in [0.4, 0.5) is 0 Å². The number of sulfonamides is 1. The Labute approximate surface area is 128 Å². The van der Waals surface area contributed by atoms with Gasteiger partial charge in [0.25, 0.3) is 0 Å². The van der Waals surface area contributed by atoms with Crippen LogP contribution in [-0.2, 0) is 17.1 Å². The first kappa shape index (κ1) is 15.3. The van der Waals surface area contributed by atoms with Gasteiger partial charge in [-0.3, -0.25) is 4.57 Å². The number of nitrogens with one attached hydrogen (secondary N) is 1. The van der Waals surface area contributed by atoms with Gasteiger partial charge in [-0.1, -0.05) is 12.8 Å². The van der Waals surface area contributed by atoms with Crippen LogP contribution >= 0.6 is 0 Å². The summed E-state index contributed by atoms with van der Waals surface area (Å²) in [6.45, 7) is 0.273. The number of oxazole rings is 1. The predicted molar refractivity (Wildman–Crippen MR) is 82.0 cm³/mol. The molecule has 0 atom stereocenters. The van der Waals surface area contributed by atoms with Crippen LogP contribution in [0.1, 0.15) is 25.7 Å². The molecule has 1 saturated carbocycles. The number of hydrogen-bond acceptors (Lipinski definition) is 5. The minimum absolute atomic E-state index is 0.0778. The Kier molecular flexibility index (Phi) is 3.62. The second-order valence-corrected chi connectivity index (χ2v) is 7.54. The molecular weight excluding hydrogens is 306 g/mol. The molecule has 0 aliphatic heterocycles. The Morgan fingerprint density at radius 1 is 1.36 bits per heavy atom. The molecule has 0 unspecified atom stereocenters. The first-order valence-electron chi connectivity index (χ1n) is 7.21. The normalized spacial score (nSPS) is 18.1. The van der Waals surface area contributed by atoms with Crippen LogP contribution in [0.15, 0.2) is 32.3 Å². The summed E-state index contributed by atoms with van der Waals surface area (Å²) in [5.41, 5.74) is 6.02. The fourth-order valence-corrected chi connectivity index (χ4v) is 4.51. The molecule has 1 aromatic carbocycles. The van der Waals surface area contributed by atoms with Crippen LogP contribution in [0, 0.1) is 0 Å². The number of benzene rings is 1. The molecule has 3 rings (SSSR count). The van der Waals surface area contributed by atoms with E-state index in [2.05, 4.69) is 4.72 Å². The Balaban J connectivity index is 2.00. The second-order valence-electron chi connectivity index (χ2n) is 5.85. The largest absolute Gasteiger partial charge is 0.419 e. The quantitative estimate of drug-likeness (QED) is 0.859. The number of nitrogens with zero attached hydrogens (tertiary/aromatic N) is 1. The standard InChI is InChI=1S/C14H19N3O4S/c1-17-11-5-4-10(8-12(11)21-13(17)18)22(19,20)16-14(9-15)6-2-3-7-14/h4-5,8,16H,2-3,6-7,9,15H2,1H3. The zero-order valence-electron chi connectivity index (χ0n) is 12.3. The molecule has 3 N–H and O–H groups in total. The fraction of sp³-hybridized carbons (Fsp3) is 0.500. The van der Waals surface area contributed by atoms with Crippen molar-refractivity contribution < 1.29 is 12.8 Å². The molecule has 8 heteroatoms. The number of hydrogen-bond donors (Lipinski definition) is 2. The van der Waals surface area contributed by atoms with Crippen molar-refractivity contribution in [3.63, 3.8) is 0 Å². The van der Waals surface area contributed by atoms with Gasteiger partial charge in [0.2, 0.25) is 10.0 Å². The summed E-state index contributed by atoms with van der Waals surface area (Å²) in [4.78, 5) is 11.6. The Morgan fingerprint density at radius 2 is 2.05 bits per heavy atom. The van der Waals surface area contributed by atoms with Crippen LogP contribution in [0.5, 0.6) is 0 Å². The van der Waals surface area contributed by atoms with Crippen molar-refractivity contribution in [1.29, 1.82) is 0 Å². The molecule has 0 radical (unpaired) electrons. The molecule has 7 nitrogen and oxygen atoms in total. The summed E-state index contributed by atoms with van der Waals surface area (Å²) in [6.07, 6.45) is 3.41. The summed E-state index contributed by atoms with van der Waals surface area (Å²) < 4.78 is 34.3. The lowest BCUT2D eigenvalue weighted by molar-refractivity contribution is 0.399. The van der Waals surface area contributed by atoms with Crippen LogP contribution in [0.2, 0.25) is 0 Å². The van der Waals surface area contributed by atoms with E-state index in [1.54, 1.807) is 13.1 Å². The highest BCUT2D eigenvalue weighted by Gasteiger charge is 2.36. The van der Waals surface area contributed by atoms with Crippen LogP contribution in [-0.4, -0.2) is 25.1 Å². The van der Waals surface area contributed by atoms with E-state index in [-0.39, 0.29) is 17.0 Å². The molecule has 2 aromatic rings. The van der Waals surface area contributed by atoms with Crippen molar-refractivity contribution >= 4 is 21.1 Å². The molecule has 1 aromatic heterocycles. The Morgan fingerprint density at radius 3 is 2.68 bits per heavy atom. The van der Waals surface area contributed by atoms with Crippen molar-refractivity contribution in [2.45, 2.75) is 36.1 Å². The zero-order chi connectivity index (χ0) is 16.0. The maximum atomic E-state index is 12.6. The van der Waals surface area contributed by atoms with Gasteiger partial charge in [0.05, 0.1) is 10.4 Å². The van der Waals surface area contributed by atoms with E-state index >= 15 is 0 Å². The predicted octanol–water partition coefficient (Wildman–Crippen LogP) is 0.681. The maximum Gasteiger partial charge on any atom is 0.419 e. The minimum atomic E-state index is -3.71. The molecule has 0 bridgehead atoms. The van der Waals surface area contributed by atoms with Gasteiger partial charge in [0.1, 0.15) is 0 Å². The van der Waals surface area contributed by atoms with Crippen LogP contribution in [0.25, 0.3) is 11.1 Å². The van der Waals surface area contributed by atoms with Crippen molar-refractivity contribution in [2.24, 2.45) is 12.8 Å². The number of aryl methyl sites for hydroxylation is 1. The van der Waals surface area contributed by atoms with E-state index in [9.17, 15) is 13.2 Å². The topological polar surface area (TPSA) is 107 Å². The average molecular weight is 325 g/mol. The minimum Gasteiger partial charge on any atom is -0.408 e. The van der Waals surface area contributed by atoms with Gasteiger partial charge >= 0.3 is 5.76 Å². The zero-order valence-corrected chi connectivity index (χ0v) is 13.1. The van der Waals surface area contributed by atoms with Gasteiger partial charge in [-0.25, -0.2) is 17.9 Å². The highest BCUT2D eigenvalue weighted by atomic mass is 32.2. The van der Waals surface area contributed by atoms with Gasteiger partial charge in [0, 0.05) is 25.2 Å².